The molecule has 3 aromatic rings. The molecule has 0 aliphatic carbocycles. The molecule has 0 unspecified atom stereocenters. The molecule has 1 aliphatic rings. The van der Waals surface area contributed by atoms with Crippen molar-refractivity contribution in [3.63, 3.8) is 0 Å². The summed E-state index contributed by atoms with van der Waals surface area (Å²) in [6, 6.07) is 20.3. The molecular weight excluding hydrogens is 522 g/mol. The molecule has 0 bridgehead atoms. The van der Waals surface area contributed by atoms with Crippen molar-refractivity contribution in [3.8, 4) is 11.5 Å². The van der Waals surface area contributed by atoms with Gasteiger partial charge in [-0.1, -0.05) is 60.7 Å². The number of hydrogen-bond acceptors (Lipinski definition) is 4. The van der Waals surface area contributed by atoms with E-state index in [0.717, 1.165) is 16.8 Å². The Labute approximate surface area is 222 Å². The molecule has 0 aromatic heterocycles. The lowest BCUT2D eigenvalue weighted by molar-refractivity contribution is -0.275. The van der Waals surface area contributed by atoms with E-state index in [1.54, 1.807) is 12.1 Å². The number of aliphatic imine (C=N–C) groups is 1. The van der Waals surface area contributed by atoms with Crippen LogP contribution in [0.15, 0.2) is 95.5 Å². The van der Waals surface area contributed by atoms with Crippen molar-refractivity contribution < 1.29 is 35.8 Å². The first-order chi connectivity index (χ1) is 18.4. The van der Waals surface area contributed by atoms with Crippen LogP contribution in [0.3, 0.4) is 0 Å². The minimum Gasteiger partial charge on any atom is -0.406 e. The first kappa shape index (κ1) is 28.2. The average Bonchev–Trinajstić information content (AvgIpc) is 3.27. The van der Waals surface area contributed by atoms with Gasteiger partial charge in [0.25, 0.3) is 0 Å². The van der Waals surface area contributed by atoms with E-state index >= 15 is 0 Å². The zero-order valence-corrected chi connectivity index (χ0v) is 20.9. The average molecular weight is 549 g/mol. The van der Waals surface area contributed by atoms with Crippen LogP contribution in [0.2, 0.25) is 0 Å². The second kappa shape index (κ2) is 11.5. The first-order valence-electron chi connectivity index (χ1n) is 12.1. The van der Waals surface area contributed by atoms with E-state index in [0.29, 0.717) is 24.2 Å². The van der Waals surface area contributed by atoms with Gasteiger partial charge in [0, 0.05) is 24.2 Å². The number of hydrogen-bond donors (Lipinski definition) is 1. The van der Waals surface area contributed by atoms with E-state index in [-0.39, 0.29) is 13.0 Å². The van der Waals surface area contributed by atoms with E-state index in [1.807, 2.05) is 43.3 Å². The lowest BCUT2D eigenvalue weighted by Gasteiger charge is -2.36. The highest BCUT2D eigenvalue weighted by Gasteiger charge is 2.38. The molecule has 1 heterocycles. The highest BCUT2D eigenvalue weighted by molar-refractivity contribution is 6.00. The SMILES string of the molecule is CC1=NCC=C1CNCC(Cc1ccccc1)(c1cccc(OC(F)(F)F)c1)c1cccc(OC(F)(F)F)c1. The summed E-state index contributed by atoms with van der Waals surface area (Å²) in [5.41, 5.74) is 2.43. The van der Waals surface area contributed by atoms with Gasteiger partial charge in [-0.3, -0.25) is 4.99 Å². The van der Waals surface area contributed by atoms with Gasteiger partial charge in [0.05, 0.1) is 6.54 Å². The normalized spacial score (nSPS) is 14.1. The van der Waals surface area contributed by atoms with Gasteiger partial charge in [-0.2, -0.15) is 0 Å². The van der Waals surface area contributed by atoms with Crippen molar-refractivity contribution in [3.05, 3.63) is 107 Å². The molecule has 0 saturated carbocycles. The van der Waals surface area contributed by atoms with Crippen LogP contribution in [-0.4, -0.2) is 38.1 Å². The quantitative estimate of drug-likeness (QED) is 0.278. The van der Waals surface area contributed by atoms with Crippen LogP contribution in [0, 0.1) is 0 Å². The minimum atomic E-state index is -4.91. The smallest absolute Gasteiger partial charge is 0.406 e. The van der Waals surface area contributed by atoms with Crippen molar-refractivity contribution in [2.75, 3.05) is 19.6 Å². The van der Waals surface area contributed by atoms with Gasteiger partial charge in [-0.25, -0.2) is 0 Å². The second-order valence-corrected chi connectivity index (χ2v) is 9.15. The van der Waals surface area contributed by atoms with Crippen LogP contribution >= 0.6 is 0 Å². The van der Waals surface area contributed by atoms with Crippen LogP contribution in [0.1, 0.15) is 23.6 Å². The Morgan fingerprint density at radius 2 is 1.33 bits per heavy atom. The monoisotopic (exact) mass is 548 g/mol. The maximum absolute atomic E-state index is 13.1. The zero-order chi connectivity index (χ0) is 28.1. The van der Waals surface area contributed by atoms with Gasteiger partial charge in [0.15, 0.2) is 0 Å². The van der Waals surface area contributed by atoms with Gasteiger partial charge in [-0.05, 0) is 59.9 Å². The van der Waals surface area contributed by atoms with Gasteiger partial charge < -0.3 is 14.8 Å². The molecule has 4 nitrogen and oxygen atoms in total. The highest BCUT2D eigenvalue weighted by atomic mass is 19.4. The molecule has 0 radical (unpaired) electrons. The van der Waals surface area contributed by atoms with Gasteiger partial charge in [-0.15, -0.1) is 26.3 Å². The van der Waals surface area contributed by atoms with E-state index in [2.05, 4.69) is 19.8 Å². The predicted octanol–water partition coefficient (Wildman–Crippen LogP) is 7.00. The zero-order valence-electron chi connectivity index (χ0n) is 20.9. The summed E-state index contributed by atoms with van der Waals surface area (Å²) in [6.07, 6.45) is -7.59. The molecule has 0 fully saturated rings. The maximum Gasteiger partial charge on any atom is 0.573 e. The van der Waals surface area contributed by atoms with Gasteiger partial charge in [0.1, 0.15) is 11.5 Å². The first-order valence-corrected chi connectivity index (χ1v) is 12.1. The third-order valence-corrected chi connectivity index (χ3v) is 6.46. The van der Waals surface area contributed by atoms with E-state index in [4.69, 9.17) is 0 Å². The number of ether oxygens (including phenoxy) is 2. The largest absolute Gasteiger partial charge is 0.573 e. The topological polar surface area (TPSA) is 42.9 Å². The Kier molecular flexibility index (Phi) is 8.34. The van der Waals surface area contributed by atoms with Crippen LogP contribution in [0.25, 0.3) is 0 Å². The van der Waals surface area contributed by atoms with Crippen molar-refractivity contribution in [2.24, 2.45) is 4.99 Å². The van der Waals surface area contributed by atoms with E-state index in [9.17, 15) is 26.3 Å². The van der Waals surface area contributed by atoms with Crippen LogP contribution in [0.5, 0.6) is 11.5 Å². The number of alkyl halides is 6. The molecule has 3 aromatic carbocycles. The highest BCUT2D eigenvalue weighted by Crippen LogP contribution is 2.40. The number of rotatable bonds is 10. The summed E-state index contributed by atoms with van der Waals surface area (Å²) in [5, 5.41) is 3.38. The molecular formula is C29H26F6N2O2. The molecule has 0 amide bonds. The molecule has 1 aliphatic heterocycles. The summed E-state index contributed by atoms with van der Waals surface area (Å²) in [6.45, 7) is 3.04. The van der Waals surface area contributed by atoms with Crippen molar-refractivity contribution >= 4 is 5.71 Å². The number of benzene rings is 3. The molecule has 39 heavy (non-hydrogen) atoms. The summed E-state index contributed by atoms with van der Waals surface area (Å²) >= 11 is 0. The second-order valence-electron chi connectivity index (χ2n) is 9.15. The fourth-order valence-electron chi connectivity index (χ4n) is 4.72. The van der Waals surface area contributed by atoms with Crippen LogP contribution in [0.4, 0.5) is 26.3 Å². The lowest BCUT2D eigenvalue weighted by atomic mass is 9.70. The van der Waals surface area contributed by atoms with E-state index in [1.165, 1.54) is 36.4 Å². The third-order valence-electron chi connectivity index (χ3n) is 6.46. The lowest BCUT2D eigenvalue weighted by Crippen LogP contribution is -2.42. The summed E-state index contributed by atoms with van der Waals surface area (Å²) in [7, 11) is 0. The number of nitrogens with zero attached hydrogens (tertiary/aromatic N) is 1. The third kappa shape index (κ3) is 7.63. The maximum atomic E-state index is 13.1. The Balaban J connectivity index is 1.84. The Bertz CT molecular complexity index is 1270. The Morgan fingerprint density at radius 3 is 1.82 bits per heavy atom. The molecule has 0 atom stereocenters. The van der Waals surface area contributed by atoms with Crippen molar-refractivity contribution in [2.45, 2.75) is 31.5 Å². The Hall–Kier alpha value is -3.79. The molecule has 0 saturated heterocycles. The summed E-state index contributed by atoms with van der Waals surface area (Å²) in [5.74, 6) is -0.858. The fourth-order valence-corrected chi connectivity index (χ4v) is 4.72. The van der Waals surface area contributed by atoms with Gasteiger partial charge >= 0.3 is 12.7 Å². The summed E-state index contributed by atoms with van der Waals surface area (Å²) in [4.78, 5) is 4.35. The molecule has 4 rings (SSSR count). The number of halogens is 6. The Morgan fingerprint density at radius 1 is 0.769 bits per heavy atom. The molecule has 1 N–H and O–H groups in total. The fraction of sp³-hybridized carbons (Fsp3) is 0.276. The standard InChI is InChI=1S/C29H26F6N2O2/c1-20-22(13-14-37-20)18-36-19-27(17-21-7-3-2-4-8-21,23-9-5-11-25(15-23)38-28(30,31)32)24-10-6-12-26(16-24)39-29(33,34)35/h2-13,15-16,36H,14,17-19H2,1H3. The van der Waals surface area contributed by atoms with Crippen molar-refractivity contribution in [1.29, 1.82) is 0 Å². The van der Waals surface area contributed by atoms with Crippen molar-refractivity contribution in [1.82, 2.24) is 5.32 Å². The predicted molar refractivity (Wildman–Crippen MR) is 136 cm³/mol. The molecule has 10 heteroatoms. The van der Waals surface area contributed by atoms with E-state index < -0.39 is 29.6 Å². The van der Waals surface area contributed by atoms with Crippen LogP contribution < -0.4 is 14.8 Å². The van der Waals surface area contributed by atoms with Gasteiger partial charge in [0.2, 0.25) is 0 Å². The number of nitrogens with one attached hydrogen (secondary N) is 1. The molecule has 206 valence electrons. The summed E-state index contributed by atoms with van der Waals surface area (Å²) < 4.78 is 86.9. The molecule has 0 spiro atoms. The minimum absolute atomic E-state index is 0.178. The van der Waals surface area contributed by atoms with Crippen LogP contribution in [-0.2, 0) is 11.8 Å².